The molecule has 90 valence electrons. The number of hydrogen-bond donors (Lipinski definition) is 1. The fraction of sp³-hybridized carbons (Fsp3) is 0.750. The Bertz CT molecular complexity index is 332. The molecule has 0 fully saturated rings. The van der Waals surface area contributed by atoms with E-state index in [1.165, 1.54) is 13.0 Å². The summed E-state index contributed by atoms with van der Waals surface area (Å²) in [5.41, 5.74) is 0. The Hall–Kier alpha value is -0.560. The predicted octanol–water partition coefficient (Wildman–Crippen LogP) is 2.17. The third-order valence-electron chi connectivity index (χ3n) is 1.84. The van der Waals surface area contributed by atoms with Crippen LogP contribution in [-0.2, 0) is 10.0 Å². The molecule has 0 bridgehead atoms. The van der Waals surface area contributed by atoms with E-state index in [2.05, 4.69) is 0 Å². The van der Waals surface area contributed by atoms with Crippen LogP contribution in [0.4, 0.5) is 13.2 Å². The van der Waals surface area contributed by atoms with Gasteiger partial charge in [-0.3, -0.25) is 0 Å². The molecule has 0 aromatic heterocycles. The average molecular weight is 245 g/mol. The lowest BCUT2D eigenvalue weighted by Crippen LogP contribution is -2.43. The van der Waals surface area contributed by atoms with E-state index in [9.17, 15) is 21.6 Å². The second-order valence-corrected chi connectivity index (χ2v) is 4.76. The van der Waals surface area contributed by atoms with Crippen LogP contribution in [0.15, 0.2) is 11.0 Å². The summed E-state index contributed by atoms with van der Waals surface area (Å²) in [5.74, 6) is 0. The van der Waals surface area contributed by atoms with E-state index in [0.29, 0.717) is 0 Å². The number of alkyl halides is 3. The zero-order valence-corrected chi connectivity index (χ0v) is 9.54. The first kappa shape index (κ1) is 14.4. The highest BCUT2D eigenvalue weighted by molar-refractivity contribution is 7.93. The van der Waals surface area contributed by atoms with Crippen LogP contribution in [0.3, 0.4) is 0 Å². The molecular formula is C8H14F3NO2S. The molecule has 0 amide bonds. The molecule has 0 heterocycles. The third-order valence-corrected chi connectivity index (χ3v) is 3.72. The third kappa shape index (κ3) is 4.21. The van der Waals surface area contributed by atoms with E-state index in [1.54, 1.807) is 11.6 Å². The van der Waals surface area contributed by atoms with Gasteiger partial charge in [0.2, 0.25) is 10.0 Å². The zero-order valence-electron chi connectivity index (χ0n) is 8.72. The van der Waals surface area contributed by atoms with E-state index >= 15 is 0 Å². The Balaban J connectivity index is 4.82. The Labute approximate surface area is 87.4 Å². The molecule has 0 rings (SSSR count). The van der Waals surface area contributed by atoms with Crippen LogP contribution in [0.5, 0.6) is 0 Å². The normalized spacial score (nSPS) is 16.5. The second kappa shape index (κ2) is 4.98. The summed E-state index contributed by atoms with van der Waals surface area (Å²) in [5, 5.41) is 0. The number of halogens is 3. The van der Waals surface area contributed by atoms with Crippen molar-refractivity contribution < 1.29 is 21.6 Å². The molecule has 3 nitrogen and oxygen atoms in total. The fourth-order valence-corrected chi connectivity index (χ4v) is 2.37. The molecule has 0 radical (unpaired) electrons. The van der Waals surface area contributed by atoms with Gasteiger partial charge in [0.25, 0.3) is 0 Å². The Morgan fingerprint density at radius 2 is 1.93 bits per heavy atom. The fourth-order valence-electron chi connectivity index (χ4n) is 0.925. The maximum Gasteiger partial charge on any atom is 0.404 e. The van der Waals surface area contributed by atoms with Gasteiger partial charge < -0.3 is 0 Å². The van der Waals surface area contributed by atoms with Crippen molar-refractivity contribution in [3.05, 3.63) is 11.0 Å². The summed E-state index contributed by atoms with van der Waals surface area (Å²) in [7, 11) is -4.01. The average Bonchev–Trinajstić information content (AvgIpc) is 2.02. The molecule has 0 aromatic carbocycles. The van der Waals surface area contributed by atoms with Crippen molar-refractivity contribution in [2.45, 2.75) is 39.4 Å². The monoisotopic (exact) mass is 245 g/mol. The Morgan fingerprint density at radius 1 is 1.47 bits per heavy atom. The van der Waals surface area contributed by atoms with E-state index in [1.807, 2.05) is 0 Å². The largest absolute Gasteiger partial charge is 0.404 e. The van der Waals surface area contributed by atoms with Crippen LogP contribution in [0, 0.1) is 0 Å². The standard InChI is InChI=1S/C8H14F3NO2S/c1-4-7(5-2)15(13,14)12-6(3)8(9,10)11/h4,6,12H,5H2,1-3H3. The maximum atomic E-state index is 12.1. The van der Waals surface area contributed by atoms with E-state index in [0.717, 1.165) is 6.92 Å². The van der Waals surface area contributed by atoms with E-state index in [-0.39, 0.29) is 11.3 Å². The van der Waals surface area contributed by atoms with Crippen LogP contribution in [-0.4, -0.2) is 20.6 Å². The highest BCUT2D eigenvalue weighted by Gasteiger charge is 2.38. The minimum absolute atomic E-state index is 0.0430. The van der Waals surface area contributed by atoms with Gasteiger partial charge in [0.05, 0.1) is 4.91 Å². The molecule has 0 aliphatic rings. The van der Waals surface area contributed by atoms with Gasteiger partial charge in [0.1, 0.15) is 6.04 Å². The summed E-state index contributed by atoms with van der Waals surface area (Å²) in [6.45, 7) is 3.80. The van der Waals surface area contributed by atoms with Crippen LogP contribution >= 0.6 is 0 Å². The van der Waals surface area contributed by atoms with Crippen molar-refractivity contribution in [3.63, 3.8) is 0 Å². The van der Waals surface area contributed by atoms with Crippen molar-refractivity contribution >= 4 is 10.0 Å². The first-order valence-corrected chi connectivity index (χ1v) is 5.87. The number of hydrogen-bond acceptors (Lipinski definition) is 2. The van der Waals surface area contributed by atoms with Gasteiger partial charge in [-0.2, -0.15) is 17.9 Å². The van der Waals surface area contributed by atoms with Crippen molar-refractivity contribution in [2.75, 3.05) is 0 Å². The predicted molar refractivity (Wildman–Crippen MR) is 51.6 cm³/mol. The number of rotatable bonds is 4. The van der Waals surface area contributed by atoms with Gasteiger partial charge in [-0.1, -0.05) is 13.0 Å². The summed E-state index contributed by atoms with van der Waals surface area (Å²) < 4.78 is 60.6. The number of sulfonamides is 1. The van der Waals surface area contributed by atoms with Gasteiger partial charge in [-0.15, -0.1) is 0 Å². The lowest BCUT2D eigenvalue weighted by atomic mass is 10.4. The minimum atomic E-state index is -4.57. The van der Waals surface area contributed by atoms with Crippen LogP contribution in [0.1, 0.15) is 27.2 Å². The molecule has 0 aromatic rings. The summed E-state index contributed by atoms with van der Waals surface area (Å²) >= 11 is 0. The number of nitrogens with one attached hydrogen (secondary N) is 1. The quantitative estimate of drug-likeness (QED) is 0.825. The first-order valence-electron chi connectivity index (χ1n) is 4.39. The molecule has 15 heavy (non-hydrogen) atoms. The lowest BCUT2D eigenvalue weighted by Gasteiger charge is -2.17. The minimum Gasteiger partial charge on any atom is -0.207 e. The highest BCUT2D eigenvalue weighted by Crippen LogP contribution is 2.21. The Morgan fingerprint density at radius 3 is 2.20 bits per heavy atom. The first-order chi connectivity index (χ1) is 6.65. The molecule has 7 heteroatoms. The van der Waals surface area contributed by atoms with E-state index in [4.69, 9.17) is 0 Å². The molecule has 0 saturated carbocycles. The topological polar surface area (TPSA) is 46.2 Å². The smallest absolute Gasteiger partial charge is 0.207 e. The molecule has 0 saturated heterocycles. The SMILES string of the molecule is CC=C(CC)S(=O)(=O)NC(C)C(F)(F)F. The van der Waals surface area contributed by atoms with Gasteiger partial charge in [-0.05, 0) is 20.3 Å². The van der Waals surface area contributed by atoms with Crippen LogP contribution in [0.2, 0.25) is 0 Å². The zero-order chi connectivity index (χ0) is 12.3. The molecule has 0 spiro atoms. The summed E-state index contributed by atoms with van der Waals surface area (Å²) in [6, 6.07) is -2.08. The second-order valence-electron chi connectivity index (χ2n) is 2.99. The summed E-state index contributed by atoms with van der Waals surface area (Å²) in [4.78, 5) is -0.0430. The van der Waals surface area contributed by atoms with Crippen molar-refractivity contribution in [1.82, 2.24) is 4.72 Å². The van der Waals surface area contributed by atoms with E-state index < -0.39 is 22.2 Å². The highest BCUT2D eigenvalue weighted by atomic mass is 32.2. The molecular weight excluding hydrogens is 231 g/mol. The molecule has 1 N–H and O–H groups in total. The van der Waals surface area contributed by atoms with Crippen molar-refractivity contribution in [1.29, 1.82) is 0 Å². The maximum absolute atomic E-state index is 12.1. The van der Waals surface area contributed by atoms with Crippen molar-refractivity contribution in [3.8, 4) is 0 Å². The molecule has 0 aliphatic carbocycles. The van der Waals surface area contributed by atoms with Crippen LogP contribution < -0.4 is 4.72 Å². The molecule has 1 atom stereocenters. The van der Waals surface area contributed by atoms with Crippen molar-refractivity contribution in [2.24, 2.45) is 0 Å². The molecule has 0 aliphatic heterocycles. The number of allylic oxidation sites excluding steroid dienone is 2. The van der Waals surface area contributed by atoms with Gasteiger partial charge >= 0.3 is 6.18 Å². The van der Waals surface area contributed by atoms with Gasteiger partial charge in [0.15, 0.2) is 0 Å². The summed E-state index contributed by atoms with van der Waals surface area (Å²) in [6.07, 6.45) is -3.12. The Kier molecular flexibility index (Phi) is 4.79. The van der Waals surface area contributed by atoms with Crippen LogP contribution in [0.25, 0.3) is 0 Å². The van der Waals surface area contributed by atoms with Gasteiger partial charge in [-0.25, -0.2) is 8.42 Å². The molecule has 1 unspecified atom stereocenters. The lowest BCUT2D eigenvalue weighted by molar-refractivity contribution is -0.146. The van der Waals surface area contributed by atoms with Gasteiger partial charge in [0, 0.05) is 0 Å².